The summed E-state index contributed by atoms with van der Waals surface area (Å²) in [5.41, 5.74) is -0.734. The van der Waals surface area contributed by atoms with Crippen molar-refractivity contribution < 1.29 is 18.0 Å². The zero-order valence-electron chi connectivity index (χ0n) is 13.4. The van der Waals surface area contributed by atoms with Gasteiger partial charge in [0.25, 0.3) is 5.91 Å². The number of aromatic nitrogens is 3. The highest BCUT2D eigenvalue weighted by molar-refractivity contribution is 9.07. The van der Waals surface area contributed by atoms with Crippen LogP contribution in [0.4, 0.5) is 19.0 Å². The van der Waals surface area contributed by atoms with Crippen molar-refractivity contribution in [2.24, 2.45) is 0 Å². The van der Waals surface area contributed by atoms with Gasteiger partial charge in [0.1, 0.15) is 11.5 Å². The van der Waals surface area contributed by atoms with Gasteiger partial charge in [0.15, 0.2) is 5.69 Å². The van der Waals surface area contributed by atoms with Gasteiger partial charge in [-0.25, -0.2) is 9.97 Å². The number of nitrogens with zero attached hydrogens (tertiary/aromatic N) is 4. The zero-order valence-corrected chi connectivity index (χ0v) is 15.0. The Hall–Kier alpha value is -2.23. The predicted octanol–water partition coefficient (Wildman–Crippen LogP) is 3.68. The molecule has 1 fully saturated rings. The molecule has 0 bridgehead atoms. The molecular formula is C16H15BrF3N5O. The molecule has 26 heavy (non-hydrogen) atoms. The number of anilines is 1. The van der Waals surface area contributed by atoms with Crippen molar-refractivity contribution in [3.05, 3.63) is 48.2 Å². The van der Waals surface area contributed by atoms with E-state index in [4.69, 9.17) is 0 Å². The summed E-state index contributed by atoms with van der Waals surface area (Å²) in [4.78, 5) is 23.7. The van der Waals surface area contributed by atoms with E-state index in [1.54, 1.807) is 18.2 Å². The van der Waals surface area contributed by atoms with E-state index in [0.29, 0.717) is 11.9 Å². The lowest BCUT2D eigenvalue weighted by Gasteiger charge is -2.28. The van der Waals surface area contributed by atoms with Gasteiger partial charge in [-0.15, -0.1) is 0 Å². The molecule has 138 valence electrons. The number of carbonyl (C=O) groups excluding carboxylic acids is 1. The minimum Gasteiger partial charge on any atom is -0.364 e. The smallest absolute Gasteiger partial charge is 0.364 e. The van der Waals surface area contributed by atoms with Crippen LogP contribution in [0.25, 0.3) is 0 Å². The fraction of sp³-hybridized carbons (Fsp3) is 0.375. The third-order valence-corrected chi connectivity index (χ3v) is 4.97. The topological polar surface area (TPSA) is 71.0 Å². The number of hydrogen-bond acceptors (Lipinski definition) is 5. The first-order valence-corrected chi connectivity index (χ1v) is 8.63. The molecule has 3 rings (SSSR count). The SMILES string of the molecule is O=C(c1ccccn1)N(Br)[C@H]1CCC[C@@H]1Nc1cnc(C(F)(F)F)cn1. The molecule has 0 unspecified atom stereocenters. The molecule has 2 atom stereocenters. The molecule has 0 spiro atoms. The van der Waals surface area contributed by atoms with Crippen LogP contribution in [0.15, 0.2) is 36.8 Å². The molecule has 1 aliphatic carbocycles. The van der Waals surface area contributed by atoms with Crippen LogP contribution in [0, 0.1) is 0 Å². The number of amides is 1. The Morgan fingerprint density at radius 1 is 1.19 bits per heavy atom. The molecule has 1 saturated carbocycles. The number of nitrogens with one attached hydrogen (secondary N) is 1. The van der Waals surface area contributed by atoms with Crippen LogP contribution in [-0.4, -0.2) is 36.9 Å². The fourth-order valence-electron chi connectivity index (χ4n) is 2.87. The molecule has 1 amide bonds. The van der Waals surface area contributed by atoms with Gasteiger partial charge in [-0.1, -0.05) is 6.07 Å². The molecule has 2 aromatic rings. The van der Waals surface area contributed by atoms with E-state index in [0.717, 1.165) is 25.5 Å². The van der Waals surface area contributed by atoms with Crippen LogP contribution >= 0.6 is 16.1 Å². The molecular weight excluding hydrogens is 415 g/mol. The van der Waals surface area contributed by atoms with E-state index in [2.05, 4.69) is 36.4 Å². The maximum Gasteiger partial charge on any atom is 0.434 e. The molecule has 0 saturated heterocycles. The van der Waals surface area contributed by atoms with Crippen molar-refractivity contribution in [1.29, 1.82) is 0 Å². The van der Waals surface area contributed by atoms with E-state index < -0.39 is 11.9 Å². The van der Waals surface area contributed by atoms with Crippen molar-refractivity contribution in [1.82, 2.24) is 18.9 Å². The summed E-state index contributed by atoms with van der Waals surface area (Å²) in [6.07, 6.45) is 1.13. The van der Waals surface area contributed by atoms with Crippen LogP contribution in [0.1, 0.15) is 35.4 Å². The first kappa shape index (κ1) is 18.6. The Bertz CT molecular complexity index is 757. The standard InChI is InChI=1S/C16H15BrF3N5O/c17-25(15(26)11-4-1-2-7-21-11)12-6-3-5-10(12)24-14-9-22-13(8-23-14)16(18,19)20/h1-2,4,7-10,12H,3,5-6H2,(H,23,24)/t10-,12-/m0/s1. The maximum atomic E-state index is 12.6. The number of halogens is 4. The maximum absolute atomic E-state index is 12.6. The average molecular weight is 430 g/mol. The molecule has 0 radical (unpaired) electrons. The Kier molecular flexibility index (Phi) is 5.40. The van der Waals surface area contributed by atoms with Crippen molar-refractivity contribution >= 4 is 27.9 Å². The Balaban J connectivity index is 1.69. The van der Waals surface area contributed by atoms with E-state index in [1.165, 1.54) is 10.1 Å². The lowest BCUT2D eigenvalue weighted by Crippen LogP contribution is -2.41. The third kappa shape index (κ3) is 4.12. The lowest BCUT2D eigenvalue weighted by atomic mass is 10.1. The molecule has 0 aliphatic heterocycles. The number of hydrogen-bond donors (Lipinski definition) is 1. The number of rotatable bonds is 4. The van der Waals surface area contributed by atoms with Crippen molar-refractivity contribution in [2.45, 2.75) is 37.5 Å². The molecule has 1 aliphatic rings. The van der Waals surface area contributed by atoms with Gasteiger partial charge in [-0.3, -0.25) is 13.7 Å². The molecule has 10 heteroatoms. The first-order valence-electron chi connectivity index (χ1n) is 7.92. The lowest BCUT2D eigenvalue weighted by molar-refractivity contribution is -0.141. The summed E-state index contributed by atoms with van der Waals surface area (Å²) in [6.45, 7) is 0. The van der Waals surface area contributed by atoms with E-state index in [9.17, 15) is 18.0 Å². The van der Waals surface area contributed by atoms with E-state index >= 15 is 0 Å². The monoisotopic (exact) mass is 429 g/mol. The average Bonchev–Trinajstić information content (AvgIpc) is 3.09. The normalized spacial score (nSPS) is 20.0. The van der Waals surface area contributed by atoms with Gasteiger partial charge in [0.05, 0.1) is 34.6 Å². The second kappa shape index (κ2) is 7.56. The fourth-order valence-corrected chi connectivity index (χ4v) is 3.54. The highest BCUT2D eigenvalue weighted by Gasteiger charge is 2.36. The van der Waals surface area contributed by atoms with Gasteiger partial charge in [-0.05, 0) is 31.4 Å². The second-order valence-corrected chi connectivity index (χ2v) is 6.63. The Labute approximate surface area is 156 Å². The van der Waals surface area contributed by atoms with Crippen LogP contribution < -0.4 is 5.32 Å². The van der Waals surface area contributed by atoms with Crippen LogP contribution in [0.3, 0.4) is 0 Å². The van der Waals surface area contributed by atoms with E-state index in [-0.39, 0.29) is 23.8 Å². The molecule has 0 aromatic carbocycles. The molecule has 1 N–H and O–H groups in total. The second-order valence-electron chi connectivity index (χ2n) is 5.87. The van der Waals surface area contributed by atoms with Crippen LogP contribution in [-0.2, 0) is 6.18 Å². The minimum absolute atomic E-state index is 0.159. The van der Waals surface area contributed by atoms with Crippen LogP contribution in [0.2, 0.25) is 0 Å². The summed E-state index contributed by atoms with van der Waals surface area (Å²) >= 11 is 3.32. The summed E-state index contributed by atoms with van der Waals surface area (Å²) in [6, 6.07) is 4.72. The van der Waals surface area contributed by atoms with Crippen molar-refractivity contribution in [2.75, 3.05) is 5.32 Å². The Morgan fingerprint density at radius 2 is 2.00 bits per heavy atom. The van der Waals surface area contributed by atoms with Gasteiger partial charge in [0.2, 0.25) is 0 Å². The predicted molar refractivity (Wildman–Crippen MR) is 91.4 cm³/mol. The summed E-state index contributed by atoms with van der Waals surface area (Å²) in [5.74, 6) is -0.0381. The highest BCUT2D eigenvalue weighted by Crippen LogP contribution is 2.30. The first-order chi connectivity index (χ1) is 12.4. The Morgan fingerprint density at radius 3 is 2.62 bits per heavy atom. The number of pyridine rings is 1. The number of alkyl halides is 3. The third-order valence-electron chi connectivity index (χ3n) is 4.12. The largest absolute Gasteiger partial charge is 0.434 e. The highest BCUT2D eigenvalue weighted by atomic mass is 79.9. The van der Waals surface area contributed by atoms with Gasteiger partial charge < -0.3 is 5.32 Å². The van der Waals surface area contributed by atoms with Crippen molar-refractivity contribution in [3.8, 4) is 0 Å². The van der Waals surface area contributed by atoms with Crippen LogP contribution in [0.5, 0.6) is 0 Å². The van der Waals surface area contributed by atoms with Gasteiger partial charge in [-0.2, -0.15) is 13.2 Å². The zero-order chi connectivity index (χ0) is 18.7. The molecule has 2 aromatic heterocycles. The number of carbonyl (C=O) groups is 1. The molecule has 2 heterocycles. The quantitative estimate of drug-likeness (QED) is 0.750. The van der Waals surface area contributed by atoms with Gasteiger partial charge >= 0.3 is 6.18 Å². The molecule has 6 nitrogen and oxygen atoms in total. The van der Waals surface area contributed by atoms with E-state index in [1.807, 2.05) is 0 Å². The summed E-state index contributed by atoms with van der Waals surface area (Å²) in [7, 11) is 0. The van der Waals surface area contributed by atoms with Gasteiger partial charge in [0, 0.05) is 12.2 Å². The minimum atomic E-state index is -4.52. The summed E-state index contributed by atoms with van der Waals surface area (Å²) < 4.78 is 39.1. The summed E-state index contributed by atoms with van der Waals surface area (Å²) in [5, 5.41) is 3.07. The van der Waals surface area contributed by atoms with Crippen molar-refractivity contribution in [3.63, 3.8) is 0 Å².